The maximum Gasteiger partial charge on any atom is 0.0715 e. The van der Waals surface area contributed by atoms with Crippen LogP contribution in [0.4, 0.5) is 5.69 Å². The Kier molecular flexibility index (Phi) is 4.87. The van der Waals surface area contributed by atoms with E-state index < -0.39 is 0 Å². The Balaban J connectivity index is 2.20. The SMILES string of the molecule is CCNCc1ccc(Cl)cc1N1CCCC(O)C1. The molecule has 2 rings (SSSR count). The zero-order valence-corrected chi connectivity index (χ0v) is 11.6. The second kappa shape index (κ2) is 6.41. The number of nitrogens with one attached hydrogen (secondary N) is 1. The zero-order chi connectivity index (χ0) is 13.0. The summed E-state index contributed by atoms with van der Waals surface area (Å²) in [6.45, 7) is 5.59. The molecule has 4 heteroatoms. The lowest BCUT2D eigenvalue weighted by molar-refractivity contribution is 0.154. The summed E-state index contributed by atoms with van der Waals surface area (Å²) in [5.74, 6) is 0. The summed E-state index contributed by atoms with van der Waals surface area (Å²) in [5, 5.41) is 13.9. The van der Waals surface area contributed by atoms with Crippen LogP contribution in [-0.2, 0) is 6.54 Å². The molecule has 1 aromatic carbocycles. The molecule has 1 fully saturated rings. The van der Waals surface area contributed by atoms with E-state index in [1.807, 2.05) is 12.1 Å². The second-order valence-corrected chi connectivity index (χ2v) is 5.23. The number of β-amino-alcohol motifs (C(OH)–C–C–N with tert-alkyl or cyclic N) is 1. The Morgan fingerprint density at radius 3 is 3.06 bits per heavy atom. The van der Waals surface area contributed by atoms with Crippen LogP contribution in [0.5, 0.6) is 0 Å². The predicted molar refractivity (Wildman–Crippen MR) is 76.3 cm³/mol. The molecule has 0 radical (unpaired) electrons. The molecule has 18 heavy (non-hydrogen) atoms. The van der Waals surface area contributed by atoms with Crippen LogP contribution in [0.3, 0.4) is 0 Å². The topological polar surface area (TPSA) is 35.5 Å². The first kappa shape index (κ1) is 13.7. The van der Waals surface area contributed by atoms with Gasteiger partial charge in [0, 0.05) is 30.3 Å². The van der Waals surface area contributed by atoms with Gasteiger partial charge in [-0.3, -0.25) is 0 Å². The zero-order valence-electron chi connectivity index (χ0n) is 10.8. The van der Waals surface area contributed by atoms with E-state index in [-0.39, 0.29) is 6.10 Å². The number of hydrogen-bond donors (Lipinski definition) is 2. The number of nitrogens with zero attached hydrogens (tertiary/aromatic N) is 1. The van der Waals surface area contributed by atoms with Crippen molar-refractivity contribution in [2.45, 2.75) is 32.4 Å². The van der Waals surface area contributed by atoms with Gasteiger partial charge in [0.25, 0.3) is 0 Å². The Morgan fingerprint density at radius 1 is 1.50 bits per heavy atom. The number of anilines is 1. The van der Waals surface area contributed by atoms with Crippen LogP contribution < -0.4 is 10.2 Å². The maximum atomic E-state index is 9.79. The fourth-order valence-corrected chi connectivity index (χ4v) is 2.58. The molecule has 1 aliphatic heterocycles. The van der Waals surface area contributed by atoms with Gasteiger partial charge in [-0.05, 0) is 37.1 Å². The molecule has 1 saturated heterocycles. The summed E-state index contributed by atoms with van der Waals surface area (Å²) in [6.07, 6.45) is 1.72. The summed E-state index contributed by atoms with van der Waals surface area (Å²) in [5.41, 5.74) is 2.40. The van der Waals surface area contributed by atoms with E-state index in [0.717, 1.165) is 43.2 Å². The minimum absolute atomic E-state index is 0.218. The van der Waals surface area contributed by atoms with Crippen molar-refractivity contribution >= 4 is 17.3 Å². The van der Waals surface area contributed by atoms with Gasteiger partial charge in [0.1, 0.15) is 0 Å². The highest BCUT2D eigenvalue weighted by atomic mass is 35.5. The normalized spacial score (nSPS) is 20.2. The monoisotopic (exact) mass is 268 g/mol. The number of halogens is 1. The molecule has 0 aromatic heterocycles. The average molecular weight is 269 g/mol. The molecular formula is C14H21ClN2O. The highest BCUT2D eigenvalue weighted by Crippen LogP contribution is 2.27. The first-order valence-corrected chi connectivity index (χ1v) is 7.00. The smallest absolute Gasteiger partial charge is 0.0715 e. The van der Waals surface area contributed by atoms with E-state index in [2.05, 4.69) is 23.2 Å². The quantitative estimate of drug-likeness (QED) is 0.880. The molecular weight excluding hydrogens is 248 g/mol. The molecule has 1 aliphatic rings. The summed E-state index contributed by atoms with van der Waals surface area (Å²) < 4.78 is 0. The first-order valence-electron chi connectivity index (χ1n) is 6.63. The van der Waals surface area contributed by atoms with E-state index in [0.29, 0.717) is 6.54 Å². The van der Waals surface area contributed by atoms with Crippen molar-refractivity contribution in [3.63, 3.8) is 0 Å². The largest absolute Gasteiger partial charge is 0.391 e. The lowest BCUT2D eigenvalue weighted by atomic mass is 10.1. The Morgan fingerprint density at radius 2 is 2.33 bits per heavy atom. The molecule has 2 N–H and O–H groups in total. The summed E-state index contributed by atoms with van der Waals surface area (Å²) >= 11 is 6.10. The van der Waals surface area contributed by atoms with Gasteiger partial charge in [0.2, 0.25) is 0 Å². The molecule has 0 aliphatic carbocycles. The summed E-state index contributed by atoms with van der Waals surface area (Å²) in [4.78, 5) is 2.24. The number of aliphatic hydroxyl groups is 1. The van der Waals surface area contributed by atoms with Gasteiger partial charge >= 0.3 is 0 Å². The van der Waals surface area contributed by atoms with Crippen molar-refractivity contribution in [3.05, 3.63) is 28.8 Å². The van der Waals surface area contributed by atoms with Crippen molar-refractivity contribution in [1.82, 2.24) is 5.32 Å². The van der Waals surface area contributed by atoms with Crippen LogP contribution in [0.1, 0.15) is 25.3 Å². The van der Waals surface area contributed by atoms with Gasteiger partial charge in [-0.25, -0.2) is 0 Å². The maximum absolute atomic E-state index is 9.79. The third kappa shape index (κ3) is 3.37. The number of piperidine rings is 1. The standard InChI is InChI=1S/C14H21ClN2O/c1-2-16-9-11-5-6-12(15)8-14(11)17-7-3-4-13(18)10-17/h5-6,8,13,16,18H,2-4,7,9-10H2,1H3. The van der Waals surface area contributed by atoms with E-state index in [9.17, 15) is 5.11 Å². The molecule has 0 bridgehead atoms. The van der Waals surface area contributed by atoms with Crippen LogP contribution in [0.2, 0.25) is 5.02 Å². The van der Waals surface area contributed by atoms with Gasteiger partial charge < -0.3 is 15.3 Å². The van der Waals surface area contributed by atoms with Gasteiger partial charge in [-0.1, -0.05) is 24.6 Å². The number of hydrogen-bond acceptors (Lipinski definition) is 3. The Labute approximate surface area is 114 Å². The van der Waals surface area contributed by atoms with Crippen LogP contribution in [-0.4, -0.2) is 30.8 Å². The molecule has 100 valence electrons. The van der Waals surface area contributed by atoms with E-state index >= 15 is 0 Å². The van der Waals surface area contributed by atoms with E-state index in [1.165, 1.54) is 5.56 Å². The molecule has 1 unspecified atom stereocenters. The number of benzene rings is 1. The highest BCUT2D eigenvalue weighted by Gasteiger charge is 2.20. The highest BCUT2D eigenvalue weighted by molar-refractivity contribution is 6.30. The lowest BCUT2D eigenvalue weighted by Crippen LogP contribution is -2.39. The van der Waals surface area contributed by atoms with Crippen molar-refractivity contribution in [1.29, 1.82) is 0 Å². The van der Waals surface area contributed by atoms with Crippen molar-refractivity contribution in [2.24, 2.45) is 0 Å². The molecule has 1 aromatic rings. The van der Waals surface area contributed by atoms with Crippen molar-refractivity contribution in [3.8, 4) is 0 Å². The molecule has 1 atom stereocenters. The van der Waals surface area contributed by atoms with E-state index in [4.69, 9.17) is 11.6 Å². The third-order valence-electron chi connectivity index (χ3n) is 3.35. The van der Waals surface area contributed by atoms with Gasteiger partial charge in [0.15, 0.2) is 0 Å². The number of aliphatic hydroxyl groups excluding tert-OH is 1. The molecule has 0 amide bonds. The van der Waals surface area contributed by atoms with Gasteiger partial charge in [-0.2, -0.15) is 0 Å². The fourth-order valence-electron chi connectivity index (χ4n) is 2.41. The average Bonchev–Trinajstić information content (AvgIpc) is 2.37. The van der Waals surface area contributed by atoms with Gasteiger partial charge in [0.05, 0.1) is 6.10 Å². The molecule has 1 heterocycles. The minimum atomic E-state index is -0.218. The van der Waals surface area contributed by atoms with Crippen LogP contribution in [0.25, 0.3) is 0 Å². The summed E-state index contributed by atoms with van der Waals surface area (Å²) in [6, 6.07) is 6.01. The fraction of sp³-hybridized carbons (Fsp3) is 0.571. The van der Waals surface area contributed by atoms with Crippen LogP contribution in [0, 0.1) is 0 Å². The van der Waals surface area contributed by atoms with Crippen LogP contribution in [0.15, 0.2) is 18.2 Å². The van der Waals surface area contributed by atoms with Crippen LogP contribution >= 0.6 is 11.6 Å². The molecule has 0 spiro atoms. The predicted octanol–water partition coefficient (Wildman–Crippen LogP) is 2.41. The Bertz CT molecular complexity index is 397. The summed E-state index contributed by atoms with van der Waals surface area (Å²) in [7, 11) is 0. The van der Waals surface area contributed by atoms with E-state index in [1.54, 1.807) is 0 Å². The van der Waals surface area contributed by atoms with Crippen molar-refractivity contribution < 1.29 is 5.11 Å². The minimum Gasteiger partial charge on any atom is -0.391 e. The Hall–Kier alpha value is -0.770. The third-order valence-corrected chi connectivity index (χ3v) is 3.59. The lowest BCUT2D eigenvalue weighted by Gasteiger charge is -2.33. The number of rotatable bonds is 4. The van der Waals surface area contributed by atoms with Crippen molar-refractivity contribution in [2.75, 3.05) is 24.5 Å². The second-order valence-electron chi connectivity index (χ2n) is 4.80. The first-order chi connectivity index (χ1) is 8.70. The molecule has 3 nitrogen and oxygen atoms in total. The van der Waals surface area contributed by atoms with Gasteiger partial charge in [-0.15, -0.1) is 0 Å². The molecule has 0 saturated carbocycles.